The second-order valence-corrected chi connectivity index (χ2v) is 11.7. The van der Waals surface area contributed by atoms with Crippen molar-refractivity contribution in [2.75, 3.05) is 18.4 Å². The van der Waals surface area contributed by atoms with Crippen LogP contribution in [0, 0.1) is 23.6 Å². The molecule has 2 aromatic heterocycles. The minimum absolute atomic E-state index is 0.00571. The van der Waals surface area contributed by atoms with Gasteiger partial charge in [0.25, 0.3) is 5.56 Å². The van der Waals surface area contributed by atoms with Gasteiger partial charge in [-0.1, -0.05) is 79.3 Å². The molecule has 1 aliphatic carbocycles. The molecule has 1 unspecified atom stereocenters. The quantitative estimate of drug-likeness (QED) is 0.211. The van der Waals surface area contributed by atoms with E-state index in [1.54, 1.807) is 22.9 Å². The molecule has 1 aliphatic heterocycles. The monoisotopic (exact) mass is 583 g/mol. The summed E-state index contributed by atoms with van der Waals surface area (Å²) in [6.45, 7) is 2.05. The van der Waals surface area contributed by atoms with E-state index < -0.39 is 0 Å². The van der Waals surface area contributed by atoms with E-state index in [4.69, 9.17) is 4.98 Å². The van der Waals surface area contributed by atoms with E-state index in [-0.39, 0.29) is 17.9 Å². The van der Waals surface area contributed by atoms with Crippen LogP contribution in [0.1, 0.15) is 54.7 Å². The lowest BCUT2D eigenvalue weighted by Gasteiger charge is -2.16. The molecule has 7 heteroatoms. The Bertz CT molecular complexity index is 1910. The van der Waals surface area contributed by atoms with Gasteiger partial charge in [0.15, 0.2) is 0 Å². The number of pyridine rings is 1. The number of hydrogen-bond donors (Lipinski definition) is 2. The Labute approximate surface area is 256 Å². The van der Waals surface area contributed by atoms with Crippen LogP contribution in [0.25, 0.3) is 22.2 Å². The maximum absolute atomic E-state index is 15.5. The van der Waals surface area contributed by atoms with Gasteiger partial charge in [-0.2, -0.15) is 4.98 Å². The predicted molar refractivity (Wildman–Crippen MR) is 174 cm³/mol. The van der Waals surface area contributed by atoms with Crippen LogP contribution in [0.15, 0.2) is 89.9 Å². The smallest absolute Gasteiger partial charge is 0.268 e. The zero-order valence-corrected chi connectivity index (χ0v) is 24.5. The molecule has 2 aliphatic rings. The Morgan fingerprint density at radius 1 is 0.977 bits per heavy atom. The van der Waals surface area contributed by atoms with E-state index >= 15 is 4.39 Å². The van der Waals surface area contributed by atoms with Gasteiger partial charge < -0.3 is 10.6 Å². The zero-order chi connectivity index (χ0) is 29.9. The van der Waals surface area contributed by atoms with Gasteiger partial charge in [0, 0.05) is 35.3 Å². The molecule has 7 rings (SSSR count). The second kappa shape index (κ2) is 12.4. The molecule has 0 amide bonds. The van der Waals surface area contributed by atoms with Crippen molar-refractivity contribution in [3.63, 3.8) is 0 Å². The van der Waals surface area contributed by atoms with Crippen LogP contribution in [0.3, 0.4) is 0 Å². The molecule has 1 saturated carbocycles. The summed E-state index contributed by atoms with van der Waals surface area (Å²) < 4.78 is 17.1. The van der Waals surface area contributed by atoms with Crippen LogP contribution in [0.5, 0.6) is 0 Å². The van der Waals surface area contributed by atoms with Crippen molar-refractivity contribution in [1.29, 1.82) is 0 Å². The molecule has 3 heterocycles. The highest BCUT2D eigenvalue weighted by molar-refractivity contribution is 5.78. The highest BCUT2D eigenvalue weighted by Gasteiger charge is 2.19. The Kier molecular flexibility index (Phi) is 7.91. The number of nitrogens with one attached hydrogen (secondary N) is 2. The molecule has 0 spiro atoms. The summed E-state index contributed by atoms with van der Waals surface area (Å²) in [5.41, 5.74) is 4.71. The van der Waals surface area contributed by atoms with E-state index in [9.17, 15) is 4.79 Å². The van der Waals surface area contributed by atoms with Crippen LogP contribution in [-0.4, -0.2) is 27.6 Å². The summed E-state index contributed by atoms with van der Waals surface area (Å²) in [7, 11) is 0. The number of aromatic nitrogens is 3. The van der Waals surface area contributed by atoms with Crippen LogP contribution in [-0.2, 0) is 6.54 Å². The van der Waals surface area contributed by atoms with Gasteiger partial charge in [-0.05, 0) is 72.7 Å². The molecule has 2 N–H and O–H groups in total. The van der Waals surface area contributed by atoms with Crippen molar-refractivity contribution < 1.29 is 4.39 Å². The molecule has 1 atom stereocenters. The topological polar surface area (TPSA) is 71.8 Å². The molecule has 5 aromatic rings. The minimum Gasteiger partial charge on any atom is -0.324 e. The van der Waals surface area contributed by atoms with Crippen LogP contribution in [0.4, 0.5) is 16.0 Å². The first-order valence-corrected chi connectivity index (χ1v) is 15.4. The van der Waals surface area contributed by atoms with Gasteiger partial charge in [-0.3, -0.25) is 9.36 Å². The van der Waals surface area contributed by atoms with E-state index in [0.29, 0.717) is 39.9 Å². The summed E-state index contributed by atoms with van der Waals surface area (Å²) in [5, 5.41) is 7.38. The summed E-state index contributed by atoms with van der Waals surface area (Å²) in [4.78, 5) is 23.4. The third-order valence-electron chi connectivity index (χ3n) is 8.81. The molecule has 6 nitrogen and oxygen atoms in total. The number of anilines is 2. The number of halogens is 1. The fourth-order valence-corrected chi connectivity index (χ4v) is 6.38. The molecule has 2 fully saturated rings. The highest BCUT2D eigenvalue weighted by Crippen LogP contribution is 2.28. The summed E-state index contributed by atoms with van der Waals surface area (Å²) in [5.74, 6) is 7.30. The Morgan fingerprint density at radius 2 is 1.80 bits per heavy atom. The molecule has 1 saturated heterocycles. The molecule has 0 radical (unpaired) electrons. The van der Waals surface area contributed by atoms with Gasteiger partial charge in [-0.25, -0.2) is 9.37 Å². The number of nitrogens with zero attached hydrogens (tertiary/aromatic N) is 3. The number of rotatable bonds is 6. The average Bonchev–Trinajstić information content (AvgIpc) is 3.79. The lowest BCUT2D eigenvalue weighted by atomic mass is 9.98. The van der Waals surface area contributed by atoms with Crippen molar-refractivity contribution >= 4 is 22.7 Å². The first kappa shape index (κ1) is 28.0. The molecule has 3 aromatic carbocycles. The fraction of sp³-hybridized carbons (Fsp3) is 0.270. The Morgan fingerprint density at radius 3 is 2.57 bits per heavy atom. The molecular formula is C37H34FN5O. The number of fused-ring (bicyclic) bond motifs is 1. The summed E-state index contributed by atoms with van der Waals surface area (Å²) in [6, 6.07) is 24.8. The average molecular weight is 584 g/mol. The van der Waals surface area contributed by atoms with Gasteiger partial charge in [0.1, 0.15) is 11.5 Å². The molecule has 44 heavy (non-hydrogen) atoms. The number of hydrogen-bond acceptors (Lipinski definition) is 5. The SMILES string of the molecule is O=c1c(C#CC2CCCC2)cc2cnc(Nc3ccc(C4CCNC4)cc3)nc2n1Cc1c(F)cccc1-c1ccccc1. The first-order valence-electron chi connectivity index (χ1n) is 15.4. The van der Waals surface area contributed by atoms with E-state index in [1.165, 1.54) is 24.5 Å². The van der Waals surface area contributed by atoms with Gasteiger partial charge in [0.05, 0.1) is 12.1 Å². The fourth-order valence-electron chi connectivity index (χ4n) is 6.38. The zero-order valence-electron chi connectivity index (χ0n) is 24.5. The summed E-state index contributed by atoms with van der Waals surface area (Å²) >= 11 is 0. The maximum Gasteiger partial charge on any atom is 0.268 e. The van der Waals surface area contributed by atoms with Crippen molar-refractivity contribution in [2.24, 2.45) is 5.92 Å². The van der Waals surface area contributed by atoms with Crippen LogP contribution in [0.2, 0.25) is 0 Å². The minimum atomic E-state index is -0.376. The lowest BCUT2D eigenvalue weighted by Crippen LogP contribution is -2.25. The van der Waals surface area contributed by atoms with E-state index in [2.05, 4.69) is 39.6 Å². The molecule has 0 bridgehead atoms. The van der Waals surface area contributed by atoms with Gasteiger partial charge in [-0.15, -0.1) is 0 Å². The third kappa shape index (κ3) is 5.86. The van der Waals surface area contributed by atoms with Crippen LogP contribution < -0.4 is 16.2 Å². The van der Waals surface area contributed by atoms with Gasteiger partial charge in [0.2, 0.25) is 5.95 Å². The number of benzene rings is 3. The largest absolute Gasteiger partial charge is 0.324 e. The van der Waals surface area contributed by atoms with E-state index in [0.717, 1.165) is 49.2 Å². The van der Waals surface area contributed by atoms with E-state index in [1.807, 2.05) is 48.5 Å². The van der Waals surface area contributed by atoms with Gasteiger partial charge >= 0.3 is 0 Å². The second-order valence-electron chi connectivity index (χ2n) is 11.7. The normalized spacial score (nSPS) is 16.6. The highest BCUT2D eigenvalue weighted by atomic mass is 19.1. The van der Waals surface area contributed by atoms with Crippen molar-refractivity contribution in [3.05, 3.63) is 118 Å². The molecule has 220 valence electrons. The summed E-state index contributed by atoms with van der Waals surface area (Å²) in [6.07, 6.45) is 7.29. The third-order valence-corrected chi connectivity index (χ3v) is 8.81. The maximum atomic E-state index is 15.5. The Balaban J connectivity index is 1.30. The lowest BCUT2D eigenvalue weighted by molar-refractivity contribution is 0.599. The van der Waals surface area contributed by atoms with Crippen molar-refractivity contribution in [2.45, 2.75) is 44.6 Å². The first-order chi connectivity index (χ1) is 21.6. The predicted octanol–water partition coefficient (Wildman–Crippen LogP) is 7.01. The standard InChI is InChI=1S/C37H34FN5O/c38-34-12-6-11-32(27-9-2-1-3-10-27)33(34)24-43-35-30(21-28(36(43)44)14-13-25-7-4-5-8-25)23-40-37(42-35)41-31-17-15-26(16-18-31)29-19-20-39-22-29/h1-3,6,9-12,15-18,21,23,25,29,39H,4-5,7-8,19-20,22,24H2,(H,40,41,42). The Hall–Kier alpha value is -4.80. The van der Waals surface area contributed by atoms with Crippen molar-refractivity contribution in [3.8, 4) is 23.0 Å². The van der Waals surface area contributed by atoms with Crippen LogP contribution >= 0.6 is 0 Å². The van der Waals surface area contributed by atoms with Crippen molar-refractivity contribution in [1.82, 2.24) is 19.9 Å². The molecular weight excluding hydrogens is 549 g/mol.